The summed E-state index contributed by atoms with van der Waals surface area (Å²) in [5.74, 6) is 0. The molecule has 162 valence electrons. The van der Waals surface area contributed by atoms with E-state index < -0.39 is 0 Å². The highest BCUT2D eigenvalue weighted by Gasteiger charge is 2.24. The molecule has 0 bridgehead atoms. The van der Waals surface area contributed by atoms with Crippen LogP contribution in [0, 0.1) is 13.8 Å². The molecule has 7 rings (SSSR count). The second kappa shape index (κ2) is 7.20. The van der Waals surface area contributed by atoms with Crippen LogP contribution in [-0.2, 0) is 6.42 Å². The van der Waals surface area contributed by atoms with Crippen molar-refractivity contribution in [2.24, 2.45) is 0 Å². The minimum Gasteiger partial charge on any atom is -0.355 e. The van der Waals surface area contributed by atoms with Crippen LogP contribution in [0.15, 0.2) is 97.1 Å². The van der Waals surface area contributed by atoms with E-state index in [4.69, 9.17) is 0 Å². The van der Waals surface area contributed by atoms with Gasteiger partial charge in [-0.05, 0) is 80.2 Å². The fourth-order valence-electron chi connectivity index (χ4n) is 5.89. The number of hydrogen-bond acceptors (Lipinski definition) is 1. The Morgan fingerprint density at radius 2 is 1.18 bits per heavy atom. The van der Waals surface area contributed by atoms with Crippen LogP contribution >= 0.6 is 0 Å². The summed E-state index contributed by atoms with van der Waals surface area (Å²) in [5.41, 5.74) is 10.7. The van der Waals surface area contributed by atoms with Gasteiger partial charge in [-0.15, -0.1) is 0 Å². The predicted molar refractivity (Wildman–Crippen MR) is 146 cm³/mol. The quantitative estimate of drug-likeness (QED) is 0.267. The SMILES string of the molecule is Cc1cc2c(c(Nc3cccc4c5ccccc5c5ccccc5c34)c1C)Cc1ccccc1-2. The van der Waals surface area contributed by atoms with Crippen molar-refractivity contribution in [3.05, 3.63) is 119 Å². The third kappa shape index (κ3) is 2.67. The highest BCUT2D eigenvalue weighted by molar-refractivity contribution is 6.28. The molecular weight excluding hydrogens is 410 g/mol. The molecule has 1 N–H and O–H groups in total. The average Bonchev–Trinajstić information content (AvgIpc) is 3.25. The fourth-order valence-corrected chi connectivity index (χ4v) is 5.89. The summed E-state index contributed by atoms with van der Waals surface area (Å²) >= 11 is 0. The summed E-state index contributed by atoms with van der Waals surface area (Å²) in [5, 5.41) is 11.8. The topological polar surface area (TPSA) is 12.0 Å². The van der Waals surface area contributed by atoms with E-state index in [0.717, 1.165) is 6.42 Å². The molecule has 0 unspecified atom stereocenters. The largest absolute Gasteiger partial charge is 0.355 e. The normalized spacial score (nSPS) is 12.3. The van der Waals surface area contributed by atoms with E-state index in [0.29, 0.717) is 0 Å². The molecule has 6 aromatic rings. The highest BCUT2D eigenvalue weighted by atomic mass is 14.9. The summed E-state index contributed by atoms with van der Waals surface area (Å²) in [6.07, 6.45) is 0.976. The van der Waals surface area contributed by atoms with E-state index in [1.807, 2.05) is 0 Å². The van der Waals surface area contributed by atoms with Gasteiger partial charge in [0.2, 0.25) is 0 Å². The lowest BCUT2D eigenvalue weighted by Gasteiger charge is -2.20. The zero-order valence-corrected chi connectivity index (χ0v) is 19.4. The van der Waals surface area contributed by atoms with Gasteiger partial charge >= 0.3 is 0 Å². The van der Waals surface area contributed by atoms with Crippen LogP contribution in [0.2, 0.25) is 0 Å². The highest BCUT2D eigenvalue weighted by Crippen LogP contribution is 2.45. The third-order valence-electron chi connectivity index (χ3n) is 7.66. The molecule has 0 heterocycles. The number of anilines is 2. The molecule has 0 aliphatic heterocycles. The van der Waals surface area contributed by atoms with Crippen molar-refractivity contribution < 1.29 is 0 Å². The molecule has 1 aliphatic carbocycles. The number of nitrogens with one attached hydrogen (secondary N) is 1. The lowest BCUT2D eigenvalue weighted by molar-refractivity contribution is 1.23. The van der Waals surface area contributed by atoms with Crippen molar-refractivity contribution in [1.29, 1.82) is 0 Å². The molecule has 6 aromatic carbocycles. The van der Waals surface area contributed by atoms with Crippen molar-refractivity contribution in [2.75, 3.05) is 5.32 Å². The van der Waals surface area contributed by atoms with Gasteiger partial charge in [-0.2, -0.15) is 0 Å². The van der Waals surface area contributed by atoms with Crippen LogP contribution in [0.25, 0.3) is 43.4 Å². The number of benzene rings is 6. The van der Waals surface area contributed by atoms with E-state index >= 15 is 0 Å². The maximum Gasteiger partial charge on any atom is 0.0470 e. The molecule has 0 saturated carbocycles. The van der Waals surface area contributed by atoms with Gasteiger partial charge in [0, 0.05) is 23.2 Å². The second-order valence-electron chi connectivity index (χ2n) is 9.50. The standard InChI is InChI=1S/C33H25N/c1-20-18-29-23-11-4-3-10-22(23)19-30(29)33(21(20)2)34-31-17-9-16-28-26-13-6-5-12-24(26)25-14-7-8-15-27(25)32(28)31/h3-18,34H,19H2,1-2H3. The Kier molecular flexibility index (Phi) is 4.10. The summed E-state index contributed by atoms with van der Waals surface area (Å²) in [7, 11) is 0. The number of aryl methyl sites for hydroxylation is 1. The van der Waals surface area contributed by atoms with Gasteiger partial charge in [0.15, 0.2) is 0 Å². The van der Waals surface area contributed by atoms with Gasteiger partial charge in [0.05, 0.1) is 0 Å². The van der Waals surface area contributed by atoms with Crippen LogP contribution in [0.1, 0.15) is 22.3 Å². The first-order valence-electron chi connectivity index (χ1n) is 12.0. The van der Waals surface area contributed by atoms with Crippen LogP contribution in [0.3, 0.4) is 0 Å². The first kappa shape index (κ1) is 19.4. The molecule has 0 atom stereocenters. The van der Waals surface area contributed by atoms with Gasteiger partial charge < -0.3 is 5.32 Å². The average molecular weight is 436 g/mol. The first-order chi connectivity index (χ1) is 16.7. The molecule has 1 nitrogen and oxygen atoms in total. The van der Waals surface area contributed by atoms with Gasteiger partial charge in [-0.1, -0.05) is 91.0 Å². The van der Waals surface area contributed by atoms with E-state index in [9.17, 15) is 0 Å². The van der Waals surface area contributed by atoms with Crippen molar-refractivity contribution in [3.63, 3.8) is 0 Å². The second-order valence-corrected chi connectivity index (χ2v) is 9.50. The first-order valence-corrected chi connectivity index (χ1v) is 12.0. The molecule has 0 aromatic heterocycles. The molecule has 34 heavy (non-hydrogen) atoms. The monoisotopic (exact) mass is 435 g/mol. The van der Waals surface area contributed by atoms with E-state index in [-0.39, 0.29) is 0 Å². The number of rotatable bonds is 2. The molecule has 1 heteroatoms. The molecule has 1 aliphatic rings. The maximum absolute atomic E-state index is 3.95. The molecule has 0 saturated heterocycles. The Bertz CT molecular complexity index is 1730. The van der Waals surface area contributed by atoms with Gasteiger partial charge in [-0.25, -0.2) is 0 Å². The molecule has 0 amide bonds. The lowest BCUT2D eigenvalue weighted by atomic mass is 9.92. The smallest absolute Gasteiger partial charge is 0.0470 e. The minimum absolute atomic E-state index is 0.976. The van der Waals surface area contributed by atoms with Crippen molar-refractivity contribution in [2.45, 2.75) is 20.3 Å². The summed E-state index contributed by atoms with van der Waals surface area (Å²) in [4.78, 5) is 0. The van der Waals surface area contributed by atoms with Crippen LogP contribution < -0.4 is 5.32 Å². The Labute approximate surface area is 199 Å². The Morgan fingerprint density at radius 3 is 1.91 bits per heavy atom. The Hall–Kier alpha value is -4.10. The van der Waals surface area contributed by atoms with Gasteiger partial charge in [0.25, 0.3) is 0 Å². The molecule has 0 radical (unpaired) electrons. The Balaban J connectivity index is 1.52. The number of hydrogen-bond donors (Lipinski definition) is 1. The maximum atomic E-state index is 3.95. The molecule has 0 fully saturated rings. The van der Waals surface area contributed by atoms with E-state index in [2.05, 4.69) is 116 Å². The van der Waals surface area contributed by atoms with Crippen molar-refractivity contribution >= 4 is 43.7 Å². The fraction of sp³-hybridized carbons (Fsp3) is 0.0909. The Morgan fingerprint density at radius 1 is 0.588 bits per heavy atom. The minimum atomic E-state index is 0.976. The molecular formula is C33H25N. The lowest BCUT2D eigenvalue weighted by Crippen LogP contribution is -2.01. The van der Waals surface area contributed by atoms with E-state index in [1.165, 1.54) is 77.1 Å². The van der Waals surface area contributed by atoms with Gasteiger partial charge in [0.1, 0.15) is 0 Å². The van der Waals surface area contributed by atoms with Crippen LogP contribution in [-0.4, -0.2) is 0 Å². The van der Waals surface area contributed by atoms with E-state index in [1.54, 1.807) is 0 Å². The molecule has 0 spiro atoms. The van der Waals surface area contributed by atoms with Crippen LogP contribution in [0.4, 0.5) is 11.4 Å². The van der Waals surface area contributed by atoms with Gasteiger partial charge in [-0.3, -0.25) is 0 Å². The predicted octanol–water partition coefficient (Wildman–Crippen LogP) is 9.08. The zero-order chi connectivity index (χ0) is 22.8. The summed E-state index contributed by atoms with van der Waals surface area (Å²) < 4.78 is 0. The third-order valence-corrected chi connectivity index (χ3v) is 7.66. The zero-order valence-electron chi connectivity index (χ0n) is 19.4. The number of fused-ring (bicyclic) bond motifs is 9. The van der Waals surface area contributed by atoms with Crippen molar-refractivity contribution in [3.8, 4) is 11.1 Å². The summed E-state index contributed by atoms with van der Waals surface area (Å²) in [6, 6.07) is 35.5. The summed E-state index contributed by atoms with van der Waals surface area (Å²) in [6.45, 7) is 4.48. The van der Waals surface area contributed by atoms with Crippen LogP contribution in [0.5, 0.6) is 0 Å². The van der Waals surface area contributed by atoms with Crippen molar-refractivity contribution in [1.82, 2.24) is 0 Å².